The average molecular weight is 423 g/mol. The first-order chi connectivity index (χ1) is 15.1. The first-order valence-corrected chi connectivity index (χ1v) is 13.3. The van der Waals surface area contributed by atoms with Crippen LogP contribution in [0.25, 0.3) is 0 Å². The maximum Gasteiger partial charge on any atom is 0.234 e. The van der Waals surface area contributed by atoms with E-state index in [2.05, 4.69) is 47.9 Å². The zero-order valence-corrected chi connectivity index (χ0v) is 19.8. The molecule has 2 aliphatic carbocycles. The standard InChI is InChI=1S/C28H42N2O/c1-20(2)22-11-13-23(14-12-22)29-17-15-24(16-18-29)30-27-10-6-5-9-25(27)26(28(30)31)19-21-7-3-4-8-21/h5-6,9-10,20-24,26H,3-4,7-8,11-19H2,1-2H3. The lowest BCUT2D eigenvalue weighted by Gasteiger charge is -2.43. The van der Waals surface area contributed by atoms with Gasteiger partial charge in [-0.15, -0.1) is 0 Å². The van der Waals surface area contributed by atoms with Crippen LogP contribution in [0.3, 0.4) is 0 Å². The first kappa shape index (κ1) is 21.5. The number of amides is 1. The Morgan fingerprint density at radius 3 is 2.23 bits per heavy atom. The molecule has 1 aromatic carbocycles. The molecule has 0 bridgehead atoms. The van der Waals surface area contributed by atoms with E-state index in [1.165, 1.54) is 75.7 Å². The molecule has 4 aliphatic rings. The van der Waals surface area contributed by atoms with Crippen LogP contribution in [-0.4, -0.2) is 36.0 Å². The third-order valence-electron chi connectivity index (χ3n) is 9.22. The minimum Gasteiger partial charge on any atom is -0.308 e. The molecule has 3 heteroatoms. The third kappa shape index (κ3) is 4.32. The number of benzene rings is 1. The average Bonchev–Trinajstić information content (AvgIpc) is 3.41. The summed E-state index contributed by atoms with van der Waals surface area (Å²) in [6, 6.07) is 9.88. The molecule has 0 radical (unpaired) electrons. The lowest BCUT2D eigenvalue weighted by molar-refractivity contribution is -0.120. The van der Waals surface area contributed by atoms with Crippen LogP contribution in [-0.2, 0) is 4.79 Å². The lowest BCUT2D eigenvalue weighted by atomic mass is 9.79. The molecule has 2 saturated carbocycles. The lowest BCUT2D eigenvalue weighted by Crippen LogP contribution is -2.50. The Balaban J connectivity index is 1.22. The summed E-state index contributed by atoms with van der Waals surface area (Å²) in [5.74, 6) is 3.05. The maximum atomic E-state index is 13.6. The zero-order chi connectivity index (χ0) is 21.4. The highest BCUT2D eigenvalue weighted by molar-refractivity contribution is 6.05. The van der Waals surface area contributed by atoms with E-state index in [-0.39, 0.29) is 5.92 Å². The summed E-state index contributed by atoms with van der Waals surface area (Å²) in [7, 11) is 0. The summed E-state index contributed by atoms with van der Waals surface area (Å²) < 4.78 is 0. The van der Waals surface area contributed by atoms with Gasteiger partial charge in [-0.25, -0.2) is 0 Å². The van der Waals surface area contributed by atoms with Crippen molar-refractivity contribution < 1.29 is 4.79 Å². The molecule has 0 spiro atoms. The molecule has 1 aromatic rings. The normalized spacial score (nSPS) is 31.0. The number of carbonyl (C=O) groups is 1. The van der Waals surface area contributed by atoms with Crippen LogP contribution in [0.4, 0.5) is 5.69 Å². The van der Waals surface area contributed by atoms with Gasteiger partial charge in [0.2, 0.25) is 5.91 Å². The van der Waals surface area contributed by atoms with Crippen molar-refractivity contribution in [1.29, 1.82) is 0 Å². The van der Waals surface area contributed by atoms with Gasteiger partial charge in [0.05, 0.1) is 5.92 Å². The number of carbonyl (C=O) groups excluding carboxylic acids is 1. The number of anilines is 1. The minimum absolute atomic E-state index is 0.114. The fraction of sp³-hybridized carbons (Fsp3) is 0.750. The Labute approximate surface area is 189 Å². The molecular formula is C28H42N2O. The second kappa shape index (κ2) is 9.25. The highest BCUT2D eigenvalue weighted by atomic mass is 16.2. The molecule has 0 aromatic heterocycles. The van der Waals surface area contributed by atoms with E-state index in [4.69, 9.17) is 0 Å². The van der Waals surface area contributed by atoms with Crippen molar-refractivity contribution in [2.24, 2.45) is 17.8 Å². The van der Waals surface area contributed by atoms with Crippen LogP contribution in [0, 0.1) is 17.8 Å². The summed E-state index contributed by atoms with van der Waals surface area (Å²) in [6.45, 7) is 7.12. The topological polar surface area (TPSA) is 23.6 Å². The molecule has 1 saturated heterocycles. The van der Waals surface area contributed by atoms with Gasteiger partial charge < -0.3 is 9.80 Å². The van der Waals surface area contributed by atoms with E-state index in [1.54, 1.807) is 0 Å². The highest BCUT2D eigenvalue weighted by Gasteiger charge is 2.42. The second-order valence-corrected chi connectivity index (χ2v) is 11.3. The van der Waals surface area contributed by atoms with Gasteiger partial charge in [-0.3, -0.25) is 4.79 Å². The third-order valence-corrected chi connectivity index (χ3v) is 9.22. The highest BCUT2D eigenvalue weighted by Crippen LogP contribution is 2.45. The van der Waals surface area contributed by atoms with Crippen LogP contribution in [0.1, 0.15) is 96.0 Å². The molecule has 1 atom stereocenters. The SMILES string of the molecule is CC(C)C1CCC(N2CCC(N3C(=O)C(CC4CCCC4)c4ccccc43)CC2)CC1. The van der Waals surface area contributed by atoms with Gasteiger partial charge in [0.25, 0.3) is 0 Å². The fourth-order valence-corrected chi connectivity index (χ4v) is 7.25. The molecule has 170 valence electrons. The maximum absolute atomic E-state index is 13.6. The van der Waals surface area contributed by atoms with E-state index in [0.717, 1.165) is 43.1 Å². The number of rotatable bonds is 5. The quantitative estimate of drug-likeness (QED) is 0.550. The molecule has 3 nitrogen and oxygen atoms in total. The van der Waals surface area contributed by atoms with E-state index >= 15 is 0 Å². The molecule has 1 amide bonds. The van der Waals surface area contributed by atoms with Crippen LogP contribution in [0.15, 0.2) is 24.3 Å². The summed E-state index contributed by atoms with van der Waals surface area (Å²) in [6.07, 6.45) is 14.3. The molecule has 3 fully saturated rings. The number of hydrogen-bond acceptors (Lipinski definition) is 2. The number of hydrogen-bond donors (Lipinski definition) is 0. The Hall–Kier alpha value is -1.35. The van der Waals surface area contributed by atoms with Crippen LogP contribution in [0.5, 0.6) is 0 Å². The van der Waals surface area contributed by atoms with Crippen molar-refractivity contribution in [3.8, 4) is 0 Å². The number of likely N-dealkylation sites (tertiary alicyclic amines) is 1. The molecule has 5 rings (SSSR count). The number of piperidine rings is 1. The van der Waals surface area contributed by atoms with Gasteiger partial charge in [-0.1, -0.05) is 57.7 Å². The molecule has 2 aliphatic heterocycles. The van der Waals surface area contributed by atoms with Gasteiger partial charge in [-0.2, -0.15) is 0 Å². The zero-order valence-electron chi connectivity index (χ0n) is 19.8. The monoisotopic (exact) mass is 422 g/mol. The molecule has 31 heavy (non-hydrogen) atoms. The van der Waals surface area contributed by atoms with Gasteiger partial charge >= 0.3 is 0 Å². The van der Waals surface area contributed by atoms with Crippen molar-refractivity contribution in [3.05, 3.63) is 29.8 Å². The first-order valence-electron chi connectivity index (χ1n) is 13.3. The number of para-hydroxylation sites is 1. The summed E-state index contributed by atoms with van der Waals surface area (Å²) in [4.78, 5) is 18.6. The summed E-state index contributed by atoms with van der Waals surface area (Å²) in [5, 5.41) is 0. The van der Waals surface area contributed by atoms with Crippen molar-refractivity contribution in [2.45, 2.75) is 102 Å². The van der Waals surface area contributed by atoms with Crippen molar-refractivity contribution in [3.63, 3.8) is 0 Å². The van der Waals surface area contributed by atoms with Gasteiger partial charge in [0.15, 0.2) is 0 Å². The Morgan fingerprint density at radius 1 is 0.871 bits per heavy atom. The van der Waals surface area contributed by atoms with E-state index < -0.39 is 0 Å². The minimum atomic E-state index is 0.114. The van der Waals surface area contributed by atoms with Crippen LogP contribution >= 0.6 is 0 Å². The largest absolute Gasteiger partial charge is 0.308 e. The summed E-state index contributed by atoms with van der Waals surface area (Å²) in [5.41, 5.74) is 2.54. The predicted molar refractivity (Wildman–Crippen MR) is 128 cm³/mol. The predicted octanol–water partition coefficient (Wildman–Crippen LogP) is 6.38. The van der Waals surface area contributed by atoms with Gasteiger partial charge in [0, 0.05) is 30.9 Å². The molecule has 1 unspecified atom stereocenters. The molecule has 0 N–H and O–H groups in total. The Kier molecular flexibility index (Phi) is 6.42. The summed E-state index contributed by atoms with van der Waals surface area (Å²) >= 11 is 0. The van der Waals surface area contributed by atoms with Gasteiger partial charge in [0.1, 0.15) is 0 Å². The van der Waals surface area contributed by atoms with E-state index in [0.29, 0.717) is 11.9 Å². The van der Waals surface area contributed by atoms with E-state index in [1.807, 2.05) is 0 Å². The van der Waals surface area contributed by atoms with Crippen molar-refractivity contribution in [2.75, 3.05) is 18.0 Å². The van der Waals surface area contributed by atoms with Crippen molar-refractivity contribution in [1.82, 2.24) is 4.90 Å². The van der Waals surface area contributed by atoms with E-state index in [9.17, 15) is 4.79 Å². The number of nitrogens with zero attached hydrogens (tertiary/aromatic N) is 2. The van der Waals surface area contributed by atoms with Crippen molar-refractivity contribution >= 4 is 11.6 Å². The van der Waals surface area contributed by atoms with Crippen LogP contribution < -0.4 is 4.90 Å². The second-order valence-electron chi connectivity index (χ2n) is 11.3. The molecular weight excluding hydrogens is 380 g/mol. The fourth-order valence-electron chi connectivity index (χ4n) is 7.25. The van der Waals surface area contributed by atoms with Gasteiger partial charge in [-0.05, 0) is 74.3 Å². The smallest absolute Gasteiger partial charge is 0.234 e. The molecule has 2 heterocycles. The Morgan fingerprint density at radius 2 is 1.55 bits per heavy atom. The Bertz CT molecular complexity index is 752. The number of fused-ring (bicyclic) bond motifs is 1. The van der Waals surface area contributed by atoms with Crippen LogP contribution in [0.2, 0.25) is 0 Å².